The van der Waals surface area contributed by atoms with Crippen LogP contribution in [0.15, 0.2) is 30.3 Å². The van der Waals surface area contributed by atoms with Gasteiger partial charge in [0.25, 0.3) is 0 Å². The van der Waals surface area contributed by atoms with Gasteiger partial charge < -0.3 is 4.90 Å². The summed E-state index contributed by atoms with van der Waals surface area (Å²) < 4.78 is 0. The third-order valence-corrected chi connectivity index (χ3v) is 4.31. The number of carbonyl (C=O) groups excluding carboxylic acids is 1. The quantitative estimate of drug-likeness (QED) is 0.817. The van der Waals surface area contributed by atoms with Crippen molar-refractivity contribution in [3.63, 3.8) is 0 Å². The molecule has 1 saturated heterocycles. The Morgan fingerprint density at radius 3 is 2.59 bits per heavy atom. The number of amides is 1. The maximum Gasteiger partial charge on any atom is 0.235 e. The molecule has 1 aromatic rings. The van der Waals surface area contributed by atoms with E-state index >= 15 is 0 Å². The van der Waals surface area contributed by atoms with E-state index in [2.05, 4.69) is 12.1 Å². The predicted molar refractivity (Wildman–Crippen MR) is 73.0 cm³/mol. The average Bonchev–Trinajstić information content (AvgIpc) is 2.90. The lowest BCUT2D eigenvalue weighted by Gasteiger charge is -2.19. The molecule has 1 amide bonds. The Kier molecular flexibility index (Phi) is 4.49. The Bertz CT molecular complexity index is 360. The van der Waals surface area contributed by atoms with Gasteiger partial charge in [0.1, 0.15) is 0 Å². The molecule has 1 atom stereocenters. The van der Waals surface area contributed by atoms with Crippen LogP contribution in [0.4, 0.5) is 0 Å². The lowest BCUT2D eigenvalue weighted by Crippen LogP contribution is -2.34. The zero-order valence-corrected chi connectivity index (χ0v) is 11.1. The molecule has 3 heteroatoms. The summed E-state index contributed by atoms with van der Waals surface area (Å²) in [5, 5.41) is 0.0771. The molecule has 0 spiro atoms. The Hall–Kier alpha value is -0.960. The molecule has 2 rings (SSSR count). The van der Waals surface area contributed by atoms with Crippen LogP contribution in [0.25, 0.3) is 0 Å². The molecule has 1 heterocycles. The third-order valence-electron chi connectivity index (χ3n) is 3.11. The van der Waals surface area contributed by atoms with Gasteiger partial charge in [-0.3, -0.25) is 4.79 Å². The first kappa shape index (κ1) is 12.5. The highest BCUT2D eigenvalue weighted by atomic mass is 32.2. The van der Waals surface area contributed by atoms with Crippen LogP contribution < -0.4 is 0 Å². The van der Waals surface area contributed by atoms with Gasteiger partial charge in [-0.2, -0.15) is 0 Å². The summed E-state index contributed by atoms with van der Waals surface area (Å²) in [4.78, 5) is 14.1. The topological polar surface area (TPSA) is 20.3 Å². The van der Waals surface area contributed by atoms with Gasteiger partial charge in [0, 0.05) is 18.8 Å². The van der Waals surface area contributed by atoms with Crippen molar-refractivity contribution in [3.8, 4) is 0 Å². The summed E-state index contributed by atoms with van der Waals surface area (Å²) in [6.45, 7) is 3.93. The normalized spacial score (nSPS) is 17.1. The smallest absolute Gasteiger partial charge is 0.235 e. The molecule has 1 fully saturated rings. The lowest BCUT2D eigenvalue weighted by molar-refractivity contribution is -0.129. The van der Waals surface area contributed by atoms with E-state index in [0.29, 0.717) is 5.91 Å². The number of hydrogen-bond donors (Lipinski definition) is 0. The van der Waals surface area contributed by atoms with Gasteiger partial charge in [0.15, 0.2) is 0 Å². The Morgan fingerprint density at radius 1 is 1.29 bits per heavy atom. The minimum Gasteiger partial charge on any atom is -0.342 e. The Morgan fingerprint density at radius 2 is 1.94 bits per heavy atom. The second kappa shape index (κ2) is 6.10. The van der Waals surface area contributed by atoms with Crippen LogP contribution in [0.5, 0.6) is 0 Å². The van der Waals surface area contributed by atoms with Crippen molar-refractivity contribution in [2.45, 2.75) is 30.8 Å². The zero-order valence-electron chi connectivity index (χ0n) is 10.3. The third kappa shape index (κ3) is 3.50. The molecule has 1 aliphatic heterocycles. The first-order chi connectivity index (χ1) is 8.27. The highest BCUT2D eigenvalue weighted by molar-refractivity contribution is 7.99. The SMILES string of the molecule is C[C@H](SCc1ccccc1)C(=O)N1CCCC1. The van der Waals surface area contributed by atoms with Crippen LogP contribution >= 0.6 is 11.8 Å². The van der Waals surface area contributed by atoms with E-state index in [1.807, 2.05) is 30.0 Å². The molecule has 0 unspecified atom stereocenters. The zero-order chi connectivity index (χ0) is 12.1. The number of hydrogen-bond acceptors (Lipinski definition) is 2. The van der Waals surface area contributed by atoms with E-state index in [9.17, 15) is 4.79 Å². The molecular formula is C14H19NOS. The fourth-order valence-corrected chi connectivity index (χ4v) is 2.99. The van der Waals surface area contributed by atoms with Crippen molar-refractivity contribution in [3.05, 3.63) is 35.9 Å². The minimum atomic E-state index is 0.0771. The number of carbonyl (C=O) groups is 1. The number of benzene rings is 1. The number of likely N-dealkylation sites (tertiary alicyclic amines) is 1. The standard InChI is InChI=1S/C14H19NOS/c1-12(14(16)15-9-5-6-10-15)17-11-13-7-3-2-4-8-13/h2-4,7-8,12H,5-6,9-11H2,1H3/t12-/m0/s1. The van der Waals surface area contributed by atoms with Crippen molar-refractivity contribution in [1.82, 2.24) is 4.90 Å². The molecule has 1 aliphatic rings. The fourth-order valence-electron chi connectivity index (χ4n) is 2.06. The Labute approximate surface area is 107 Å². The van der Waals surface area contributed by atoms with Crippen LogP contribution in [0.3, 0.4) is 0 Å². The second-order valence-electron chi connectivity index (χ2n) is 4.47. The van der Waals surface area contributed by atoms with Crippen LogP contribution in [0, 0.1) is 0 Å². The van der Waals surface area contributed by atoms with Crippen molar-refractivity contribution >= 4 is 17.7 Å². The summed E-state index contributed by atoms with van der Waals surface area (Å²) in [6.07, 6.45) is 2.34. The van der Waals surface area contributed by atoms with Crippen LogP contribution in [-0.2, 0) is 10.5 Å². The molecule has 17 heavy (non-hydrogen) atoms. The predicted octanol–water partition coefficient (Wildman–Crippen LogP) is 2.93. The number of rotatable bonds is 4. The van der Waals surface area contributed by atoms with Crippen molar-refractivity contribution in [2.24, 2.45) is 0 Å². The molecule has 0 bridgehead atoms. The number of thioether (sulfide) groups is 1. The molecule has 0 radical (unpaired) electrons. The monoisotopic (exact) mass is 249 g/mol. The van der Waals surface area contributed by atoms with E-state index in [0.717, 1.165) is 18.8 Å². The highest BCUT2D eigenvalue weighted by Gasteiger charge is 2.23. The van der Waals surface area contributed by atoms with Gasteiger partial charge in [0.2, 0.25) is 5.91 Å². The molecule has 1 aromatic carbocycles. The average molecular weight is 249 g/mol. The molecule has 2 nitrogen and oxygen atoms in total. The van der Waals surface area contributed by atoms with Crippen molar-refractivity contribution in [1.29, 1.82) is 0 Å². The van der Waals surface area contributed by atoms with Gasteiger partial charge in [-0.05, 0) is 25.3 Å². The first-order valence-electron chi connectivity index (χ1n) is 6.21. The van der Waals surface area contributed by atoms with Gasteiger partial charge >= 0.3 is 0 Å². The molecular weight excluding hydrogens is 230 g/mol. The van der Waals surface area contributed by atoms with E-state index in [4.69, 9.17) is 0 Å². The van der Waals surface area contributed by atoms with Crippen molar-refractivity contribution < 1.29 is 4.79 Å². The minimum absolute atomic E-state index is 0.0771. The van der Waals surface area contributed by atoms with Gasteiger partial charge in [0.05, 0.1) is 5.25 Å². The maximum atomic E-state index is 12.1. The molecule has 0 aliphatic carbocycles. The van der Waals surface area contributed by atoms with Crippen LogP contribution in [0.1, 0.15) is 25.3 Å². The van der Waals surface area contributed by atoms with E-state index in [-0.39, 0.29) is 5.25 Å². The summed E-state index contributed by atoms with van der Waals surface area (Å²) >= 11 is 1.73. The molecule has 0 N–H and O–H groups in total. The summed E-state index contributed by atoms with van der Waals surface area (Å²) in [6, 6.07) is 10.3. The second-order valence-corrected chi connectivity index (χ2v) is 5.80. The van der Waals surface area contributed by atoms with Gasteiger partial charge in [-0.15, -0.1) is 11.8 Å². The summed E-state index contributed by atoms with van der Waals surface area (Å²) in [5.74, 6) is 1.23. The summed E-state index contributed by atoms with van der Waals surface area (Å²) in [7, 11) is 0. The number of nitrogens with zero attached hydrogens (tertiary/aromatic N) is 1. The first-order valence-corrected chi connectivity index (χ1v) is 7.26. The molecule has 0 saturated carbocycles. The Balaban J connectivity index is 1.80. The lowest BCUT2D eigenvalue weighted by atomic mass is 10.2. The molecule has 92 valence electrons. The van der Waals surface area contributed by atoms with E-state index in [1.165, 1.54) is 18.4 Å². The van der Waals surface area contributed by atoms with Crippen LogP contribution in [-0.4, -0.2) is 29.1 Å². The molecule has 0 aromatic heterocycles. The highest BCUT2D eigenvalue weighted by Crippen LogP contribution is 2.21. The van der Waals surface area contributed by atoms with Gasteiger partial charge in [-0.1, -0.05) is 30.3 Å². The maximum absolute atomic E-state index is 12.1. The summed E-state index contributed by atoms with van der Waals surface area (Å²) in [5.41, 5.74) is 1.29. The van der Waals surface area contributed by atoms with E-state index in [1.54, 1.807) is 11.8 Å². The largest absolute Gasteiger partial charge is 0.342 e. The van der Waals surface area contributed by atoms with Crippen LogP contribution in [0.2, 0.25) is 0 Å². The van der Waals surface area contributed by atoms with Crippen molar-refractivity contribution in [2.75, 3.05) is 13.1 Å². The van der Waals surface area contributed by atoms with Gasteiger partial charge in [-0.25, -0.2) is 0 Å². The van der Waals surface area contributed by atoms with E-state index < -0.39 is 0 Å². The fraction of sp³-hybridized carbons (Fsp3) is 0.500.